The molecule has 6 heteroatoms. The first-order chi connectivity index (χ1) is 12.6. The number of hydrogen-bond donors (Lipinski definition) is 2. The maximum atomic E-state index is 11.7. The van der Waals surface area contributed by atoms with Crippen molar-refractivity contribution in [2.75, 3.05) is 12.1 Å². The third-order valence-electron chi connectivity index (χ3n) is 5.46. The van der Waals surface area contributed by atoms with Crippen LogP contribution in [0.15, 0.2) is 42.5 Å². The second-order valence-electron chi connectivity index (χ2n) is 6.78. The lowest BCUT2D eigenvalue weighted by atomic mass is 9.75. The van der Waals surface area contributed by atoms with Crippen molar-refractivity contribution in [1.82, 2.24) is 0 Å². The molecule has 0 saturated heterocycles. The normalized spacial score (nSPS) is 24.7. The molecule has 0 radical (unpaired) electrons. The van der Waals surface area contributed by atoms with E-state index in [0.29, 0.717) is 16.3 Å². The molecule has 0 bridgehead atoms. The number of aromatic carboxylic acids is 1. The summed E-state index contributed by atoms with van der Waals surface area (Å²) in [4.78, 5) is 11.7. The van der Waals surface area contributed by atoms with Gasteiger partial charge < -0.3 is 19.9 Å². The van der Waals surface area contributed by atoms with Gasteiger partial charge in [-0.3, -0.25) is 0 Å². The molecular weight excluding hydrogens is 354 g/mol. The smallest absolute Gasteiger partial charge is 0.336 e. The molecule has 26 heavy (non-hydrogen) atoms. The average molecular weight is 370 g/mol. The van der Waals surface area contributed by atoms with Gasteiger partial charge in [0.25, 0.3) is 0 Å². The number of hydrogen-bond acceptors (Lipinski definition) is 4. The number of carboxylic acid groups (broad SMARTS) is 1. The third kappa shape index (κ3) is 2.20. The predicted octanol–water partition coefficient (Wildman–Crippen LogP) is 4.59. The van der Waals surface area contributed by atoms with Crippen molar-refractivity contribution < 1.29 is 19.4 Å². The van der Waals surface area contributed by atoms with E-state index < -0.39 is 5.97 Å². The molecule has 3 aliphatic rings. The van der Waals surface area contributed by atoms with Crippen LogP contribution in [-0.2, 0) is 0 Å². The Bertz CT molecular complexity index is 955. The van der Waals surface area contributed by atoms with E-state index >= 15 is 0 Å². The van der Waals surface area contributed by atoms with E-state index in [-0.39, 0.29) is 24.7 Å². The Morgan fingerprint density at radius 2 is 2.04 bits per heavy atom. The van der Waals surface area contributed by atoms with Gasteiger partial charge in [-0.15, -0.1) is 0 Å². The van der Waals surface area contributed by atoms with Gasteiger partial charge in [0.2, 0.25) is 6.79 Å². The summed E-state index contributed by atoms with van der Waals surface area (Å²) in [5.41, 5.74) is 2.88. The Labute approximate surface area is 155 Å². The number of rotatable bonds is 2. The molecule has 0 spiro atoms. The van der Waals surface area contributed by atoms with E-state index in [1.807, 2.05) is 18.2 Å². The number of benzene rings is 2. The van der Waals surface area contributed by atoms with Crippen LogP contribution in [0.4, 0.5) is 5.69 Å². The maximum Gasteiger partial charge on any atom is 0.336 e. The van der Waals surface area contributed by atoms with Gasteiger partial charge in [-0.2, -0.15) is 0 Å². The SMILES string of the molecule is O=C(O)c1ccc(Cl)c2c1[C@H]1C=CC[C@@H]1[C@H](c1ccc3c(c1)OCO3)N2. The van der Waals surface area contributed by atoms with Gasteiger partial charge in [0.05, 0.1) is 22.3 Å². The van der Waals surface area contributed by atoms with Crippen molar-refractivity contribution in [2.24, 2.45) is 5.92 Å². The first-order valence-corrected chi connectivity index (χ1v) is 8.89. The van der Waals surface area contributed by atoms with Crippen molar-refractivity contribution in [3.8, 4) is 11.5 Å². The number of anilines is 1. The number of carbonyl (C=O) groups is 1. The van der Waals surface area contributed by atoms with Crippen LogP contribution >= 0.6 is 11.6 Å². The summed E-state index contributed by atoms with van der Waals surface area (Å²) in [7, 11) is 0. The van der Waals surface area contributed by atoms with Crippen LogP contribution in [0.25, 0.3) is 0 Å². The van der Waals surface area contributed by atoms with Crippen LogP contribution in [0.3, 0.4) is 0 Å². The van der Waals surface area contributed by atoms with Gasteiger partial charge in [-0.05, 0) is 47.7 Å². The summed E-state index contributed by atoms with van der Waals surface area (Å²) in [6.45, 7) is 0.237. The van der Waals surface area contributed by atoms with Crippen molar-refractivity contribution in [3.63, 3.8) is 0 Å². The third-order valence-corrected chi connectivity index (χ3v) is 5.77. The number of fused-ring (bicyclic) bond motifs is 4. The molecule has 0 fully saturated rings. The van der Waals surface area contributed by atoms with Crippen LogP contribution in [0.2, 0.25) is 5.02 Å². The molecule has 2 aromatic carbocycles. The van der Waals surface area contributed by atoms with Gasteiger partial charge in [0.1, 0.15) is 0 Å². The Morgan fingerprint density at radius 3 is 2.88 bits per heavy atom. The number of halogens is 1. The lowest BCUT2D eigenvalue weighted by Crippen LogP contribution is -2.30. The second-order valence-corrected chi connectivity index (χ2v) is 7.18. The van der Waals surface area contributed by atoms with Gasteiger partial charge in [-0.25, -0.2) is 4.79 Å². The zero-order chi connectivity index (χ0) is 17.8. The van der Waals surface area contributed by atoms with E-state index in [4.69, 9.17) is 21.1 Å². The molecule has 3 atom stereocenters. The summed E-state index contributed by atoms with van der Waals surface area (Å²) >= 11 is 6.43. The highest BCUT2D eigenvalue weighted by Crippen LogP contribution is 2.53. The molecule has 1 aliphatic carbocycles. The maximum absolute atomic E-state index is 11.7. The van der Waals surface area contributed by atoms with E-state index in [9.17, 15) is 9.90 Å². The lowest BCUT2D eigenvalue weighted by molar-refractivity contribution is 0.0695. The summed E-state index contributed by atoms with van der Waals surface area (Å²) in [5.74, 6) is 0.798. The molecule has 0 unspecified atom stereocenters. The summed E-state index contributed by atoms with van der Waals surface area (Å²) in [5, 5.41) is 13.7. The van der Waals surface area contributed by atoms with Crippen molar-refractivity contribution in [2.45, 2.75) is 18.4 Å². The van der Waals surface area contributed by atoms with Crippen LogP contribution in [0.5, 0.6) is 11.5 Å². The van der Waals surface area contributed by atoms with E-state index in [1.165, 1.54) is 0 Å². The van der Waals surface area contributed by atoms with Gasteiger partial charge >= 0.3 is 5.97 Å². The van der Waals surface area contributed by atoms with Crippen molar-refractivity contribution in [1.29, 1.82) is 0 Å². The number of ether oxygens (including phenoxy) is 2. The number of nitrogens with one attached hydrogen (secondary N) is 1. The minimum Gasteiger partial charge on any atom is -0.478 e. The fraction of sp³-hybridized carbons (Fsp3) is 0.250. The van der Waals surface area contributed by atoms with Crippen LogP contribution in [-0.4, -0.2) is 17.9 Å². The zero-order valence-electron chi connectivity index (χ0n) is 13.7. The van der Waals surface area contributed by atoms with E-state index in [0.717, 1.165) is 29.0 Å². The Kier molecular flexibility index (Phi) is 3.40. The fourth-order valence-electron chi connectivity index (χ4n) is 4.30. The molecule has 0 amide bonds. The number of carboxylic acids is 1. The highest BCUT2D eigenvalue weighted by Gasteiger charge is 2.41. The van der Waals surface area contributed by atoms with Crippen LogP contribution in [0, 0.1) is 5.92 Å². The molecule has 5 rings (SSSR count). The molecule has 0 saturated carbocycles. The summed E-state index contributed by atoms with van der Waals surface area (Å²) < 4.78 is 10.9. The first-order valence-electron chi connectivity index (χ1n) is 8.52. The quantitative estimate of drug-likeness (QED) is 0.757. The Morgan fingerprint density at radius 1 is 1.19 bits per heavy atom. The molecule has 5 nitrogen and oxygen atoms in total. The molecule has 2 N–H and O–H groups in total. The predicted molar refractivity (Wildman–Crippen MR) is 97.3 cm³/mol. The number of allylic oxidation sites excluding steroid dienone is 2. The average Bonchev–Trinajstić information content (AvgIpc) is 3.29. The highest BCUT2D eigenvalue weighted by molar-refractivity contribution is 6.33. The topological polar surface area (TPSA) is 67.8 Å². The molecule has 2 aliphatic heterocycles. The minimum absolute atomic E-state index is 0.0125. The van der Waals surface area contributed by atoms with Gasteiger partial charge in [-0.1, -0.05) is 29.8 Å². The highest BCUT2D eigenvalue weighted by atomic mass is 35.5. The molecule has 132 valence electrons. The minimum atomic E-state index is -0.930. The Hall–Kier alpha value is -2.66. The van der Waals surface area contributed by atoms with E-state index in [1.54, 1.807) is 12.1 Å². The first kappa shape index (κ1) is 15.6. The summed E-state index contributed by atoms with van der Waals surface area (Å²) in [6, 6.07) is 9.19. The second kappa shape index (κ2) is 5.68. The standard InChI is InChI=1S/C20H16ClNO4/c21-14-6-5-13(20(23)24)17-11-2-1-3-12(11)18(22-19(14)17)10-4-7-15-16(8-10)26-9-25-15/h1-2,4-8,11-12,18,22H,3,9H2,(H,23,24)/t11-,12-,18-/m0/s1. The largest absolute Gasteiger partial charge is 0.478 e. The molecule has 0 aromatic heterocycles. The lowest BCUT2D eigenvalue weighted by Gasteiger charge is -2.38. The van der Waals surface area contributed by atoms with Gasteiger partial charge in [0.15, 0.2) is 11.5 Å². The zero-order valence-corrected chi connectivity index (χ0v) is 14.5. The monoisotopic (exact) mass is 369 g/mol. The molecule has 2 aromatic rings. The molecular formula is C20H16ClNO4. The van der Waals surface area contributed by atoms with Crippen molar-refractivity contribution in [3.05, 3.63) is 64.2 Å². The van der Waals surface area contributed by atoms with E-state index in [2.05, 4.69) is 17.5 Å². The Balaban J connectivity index is 1.64. The van der Waals surface area contributed by atoms with Crippen LogP contribution < -0.4 is 14.8 Å². The van der Waals surface area contributed by atoms with Gasteiger partial charge in [0, 0.05) is 5.92 Å². The summed E-state index contributed by atoms with van der Waals surface area (Å²) in [6.07, 6.45) is 5.10. The van der Waals surface area contributed by atoms with Crippen molar-refractivity contribution >= 4 is 23.3 Å². The fourth-order valence-corrected chi connectivity index (χ4v) is 4.52. The molecule has 2 heterocycles. The van der Waals surface area contributed by atoms with Crippen LogP contribution in [0.1, 0.15) is 39.9 Å².